The Morgan fingerprint density at radius 2 is 1.61 bits per heavy atom. The molecule has 0 saturated carbocycles. The molecule has 36 heavy (non-hydrogen) atoms. The molecule has 0 saturated heterocycles. The molecule has 0 spiro atoms. The first-order chi connectivity index (χ1) is 17.2. The number of nitrogens with one attached hydrogen (secondary N) is 1. The van der Waals surface area contributed by atoms with E-state index in [2.05, 4.69) is 5.32 Å². The van der Waals surface area contributed by atoms with Crippen LogP contribution in [0.3, 0.4) is 0 Å². The van der Waals surface area contributed by atoms with Crippen LogP contribution in [0.25, 0.3) is 11.1 Å². The molecule has 0 heterocycles. The number of rotatable bonds is 8. The van der Waals surface area contributed by atoms with Gasteiger partial charge in [0.2, 0.25) is 0 Å². The van der Waals surface area contributed by atoms with E-state index in [9.17, 15) is 28.2 Å². The number of amides is 1. The van der Waals surface area contributed by atoms with Crippen LogP contribution in [0.5, 0.6) is 5.75 Å². The lowest BCUT2D eigenvalue weighted by Crippen LogP contribution is -2.30. The molecule has 0 bridgehead atoms. The summed E-state index contributed by atoms with van der Waals surface area (Å²) in [4.78, 5) is 12.3. The third-order valence-electron chi connectivity index (χ3n) is 6.29. The molecule has 4 rings (SSSR count). The number of fused-ring (bicyclic) bond motifs is 3. The number of alkyl halides is 3. The number of aliphatic hydroxyl groups excluding tert-OH is 2. The van der Waals surface area contributed by atoms with E-state index in [-0.39, 0.29) is 36.8 Å². The molecule has 2 atom stereocenters. The summed E-state index contributed by atoms with van der Waals surface area (Å²) in [5.41, 5.74) is 3.19. The second kappa shape index (κ2) is 10.6. The van der Waals surface area contributed by atoms with Crippen molar-refractivity contribution in [3.8, 4) is 16.9 Å². The number of carbonyl (C=O) groups is 1. The molecule has 0 aromatic heterocycles. The maximum atomic E-state index is 13.2. The van der Waals surface area contributed by atoms with E-state index in [1.807, 2.05) is 48.5 Å². The average molecular weight is 502 g/mol. The first-order valence-corrected chi connectivity index (χ1v) is 11.4. The monoisotopic (exact) mass is 501 g/mol. The predicted octanol–water partition coefficient (Wildman–Crippen LogP) is 5.04. The third-order valence-corrected chi connectivity index (χ3v) is 6.29. The van der Waals surface area contributed by atoms with Gasteiger partial charge in [0.25, 0.3) is 0 Å². The van der Waals surface area contributed by atoms with Gasteiger partial charge in [-0.25, -0.2) is 4.79 Å². The summed E-state index contributed by atoms with van der Waals surface area (Å²) < 4.78 is 49.8. The molecule has 3 N–H and O–H groups in total. The first-order valence-electron chi connectivity index (χ1n) is 11.4. The van der Waals surface area contributed by atoms with Crippen molar-refractivity contribution >= 4 is 6.09 Å². The van der Waals surface area contributed by atoms with Gasteiger partial charge in [-0.2, -0.15) is 13.2 Å². The fraction of sp³-hybridized carbons (Fsp3) is 0.296. The maximum Gasteiger partial charge on any atom is 0.419 e. The number of hydrogen-bond acceptors (Lipinski definition) is 5. The van der Waals surface area contributed by atoms with Crippen molar-refractivity contribution in [1.29, 1.82) is 0 Å². The highest BCUT2D eigenvalue weighted by atomic mass is 19.4. The van der Waals surface area contributed by atoms with Crippen molar-refractivity contribution in [1.82, 2.24) is 5.32 Å². The Labute approximate surface area is 206 Å². The summed E-state index contributed by atoms with van der Waals surface area (Å²) in [6.07, 6.45) is -8.46. The van der Waals surface area contributed by atoms with Crippen LogP contribution in [0.2, 0.25) is 0 Å². The second-order valence-corrected chi connectivity index (χ2v) is 8.51. The third kappa shape index (κ3) is 5.32. The van der Waals surface area contributed by atoms with Crippen LogP contribution in [0.15, 0.2) is 66.7 Å². The number of carbonyl (C=O) groups excluding carboxylic acids is 1. The van der Waals surface area contributed by atoms with Crippen LogP contribution in [-0.4, -0.2) is 42.7 Å². The minimum absolute atomic E-state index is 0.0445. The molecule has 190 valence electrons. The number of ether oxygens (including phenoxy) is 2. The van der Waals surface area contributed by atoms with Gasteiger partial charge in [-0.15, -0.1) is 0 Å². The Kier molecular flexibility index (Phi) is 7.51. The fourth-order valence-electron chi connectivity index (χ4n) is 4.48. The molecule has 0 fully saturated rings. The van der Waals surface area contributed by atoms with E-state index in [1.54, 1.807) is 0 Å². The van der Waals surface area contributed by atoms with Gasteiger partial charge >= 0.3 is 12.3 Å². The maximum absolute atomic E-state index is 13.2. The van der Waals surface area contributed by atoms with E-state index < -0.39 is 30.0 Å². The van der Waals surface area contributed by atoms with Gasteiger partial charge in [0.05, 0.1) is 18.8 Å². The lowest BCUT2D eigenvalue weighted by molar-refractivity contribution is -0.138. The summed E-state index contributed by atoms with van der Waals surface area (Å²) in [5.74, 6) is -0.488. The highest BCUT2D eigenvalue weighted by molar-refractivity contribution is 5.79. The minimum Gasteiger partial charge on any atom is -0.496 e. The van der Waals surface area contributed by atoms with E-state index in [0.29, 0.717) is 0 Å². The van der Waals surface area contributed by atoms with Crippen LogP contribution in [0.4, 0.5) is 18.0 Å². The number of hydrogen-bond donors (Lipinski definition) is 3. The van der Waals surface area contributed by atoms with E-state index >= 15 is 0 Å². The number of aliphatic hydroxyl groups is 2. The Bertz CT molecular complexity index is 1180. The van der Waals surface area contributed by atoms with Crippen molar-refractivity contribution in [2.24, 2.45) is 0 Å². The molecular weight excluding hydrogens is 475 g/mol. The van der Waals surface area contributed by atoms with Crippen molar-refractivity contribution < 1.29 is 37.7 Å². The average Bonchev–Trinajstić information content (AvgIpc) is 3.19. The summed E-state index contributed by atoms with van der Waals surface area (Å²) in [6, 6.07) is 18.9. The first kappa shape index (κ1) is 25.5. The Morgan fingerprint density at radius 1 is 1.00 bits per heavy atom. The van der Waals surface area contributed by atoms with Crippen molar-refractivity contribution in [2.75, 3.05) is 20.3 Å². The standard InChI is InChI=1S/C27H26F3NO5/c1-35-24-11-10-16(14-22(24)27(28,29)30)25(33)23(32)12-13-31-26(34)36-15-21-19-8-4-2-6-17(19)18-7-3-5-9-20(18)21/h2-11,14,21,23,25,32-33H,12-13,15H2,1H3,(H,31,34). The van der Waals surface area contributed by atoms with Gasteiger partial charge in [0.15, 0.2) is 0 Å². The second-order valence-electron chi connectivity index (χ2n) is 8.51. The molecule has 2 unspecified atom stereocenters. The predicted molar refractivity (Wildman–Crippen MR) is 127 cm³/mol. The molecule has 3 aromatic carbocycles. The molecule has 1 aliphatic rings. The molecule has 3 aromatic rings. The van der Waals surface area contributed by atoms with Crippen molar-refractivity contribution in [3.63, 3.8) is 0 Å². The quantitative estimate of drug-likeness (QED) is 0.403. The SMILES string of the molecule is COc1ccc(C(O)C(O)CCNC(=O)OCC2c3ccccc3-c3ccccc32)cc1C(F)(F)F. The fourth-order valence-corrected chi connectivity index (χ4v) is 4.48. The zero-order valence-corrected chi connectivity index (χ0v) is 19.5. The Morgan fingerprint density at radius 3 is 2.19 bits per heavy atom. The molecule has 9 heteroatoms. The number of benzene rings is 3. The normalized spacial score (nSPS) is 14.5. The van der Waals surface area contributed by atoms with Crippen LogP contribution < -0.4 is 10.1 Å². The zero-order valence-electron chi connectivity index (χ0n) is 19.5. The van der Waals surface area contributed by atoms with Gasteiger partial charge in [-0.05, 0) is 46.4 Å². The smallest absolute Gasteiger partial charge is 0.419 e. The molecule has 0 radical (unpaired) electrons. The summed E-state index contributed by atoms with van der Waals surface area (Å²) in [7, 11) is 1.12. The molecule has 1 aliphatic carbocycles. The van der Waals surface area contributed by atoms with Gasteiger partial charge in [-0.1, -0.05) is 54.6 Å². The van der Waals surface area contributed by atoms with E-state index in [1.165, 1.54) is 6.07 Å². The van der Waals surface area contributed by atoms with Crippen molar-refractivity contribution in [2.45, 2.75) is 30.7 Å². The lowest BCUT2D eigenvalue weighted by Gasteiger charge is -2.21. The van der Waals surface area contributed by atoms with E-state index in [0.717, 1.165) is 41.5 Å². The number of methoxy groups -OCH3 is 1. The van der Waals surface area contributed by atoms with E-state index in [4.69, 9.17) is 9.47 Å². The molecular formula is C27H26F3NO5. The Balaban J connectivity index is 1.30. The minimum atomic E-state index is -4.68. The van der Waals surface area contributed by atoms with Crippen LogP contribution in [0, 0.1) is 0 Å². The molecule has 1 amide bonds. The molecule has 0 aliphatic heterocycles. The highest BCUT2D eigenvalue weighted by Crippen LogP contribution is 2.44. The number of halogens is 3. The largest absolute Gasteiger partial charge is 0.496 e. The molecule has 6 nitrogen and oxygen atoms in total. The zero-order chi connectivity index (χ0) is 25.9. The van der Waals surface area contributed by atoms with Gasteiger partial charge < -0.3 is 25.0 Å². The Hall–Kier alpha value is -3.56. The van der Waals surface area contributed by atoms with Crippen LogP contribution in [-0.2, 0) is 10.9 Å². The summed E-state index contributed by atoms with van der Waals surface area (Å²) in [6.45, 7) is 0.0777. The summed E-state index contributed by atoms with van der Waals surface area (Å²) in [5, 5.41) is 23.1. The highest BCUT2D eigenvalue weighted by Gasteiger charge is 2.35. The number of alkyl carbamates (subject to hydrolysis) is 1. The van der Waals surface area contributed by atoms with Gasteiger partial charge in [-0.3, -0.25) is 0 Å². The van der Waals surface area contributed by atoms with Crippen LogP contribution in [0.1, 0.15) is 40.7 Å². The lowest BCUT2D eigenvalue weighted by atomic mass is 9.98. The van der Waals surface area contributed by atoms with Crippen LogP contribution >= 0.6 is 0 Å². The summed E-state index contributed by atoms with van der Waals surface area (Å²) >= 11 is 0. The van der Waals surface area contributed by atoms with Crippen molar-refractivity contribution in [3.05, 3.63) is 89.0 Å². The van der Waals surface area contributed by atoms with Gasteiger partial charge in [0, 0.05) is 12.5 Å². The topological polar surface area (TPSA) is 88.0 Å². The van der Waals surface area contributed by atoms with Gasteiger partial charge in [0.1, 0.15) is 18.5 Å².